The smallest absolute Gasteiger partial charge is 0.0775 e. The predicted molar refractivity (Wildman–Crippen MR) is 198 cm³/mol. The number of nitrogens with zero attached hydrogens (tertiary/aromatic N) is 2. The molecule has 9 rings (SSSR count). The number of aryl methyl sites for hydroxylation is 1. The summed E-state index contributed by atoms with van der Waals surface area (Å²) in [5.74, 6) is 0. The summed E-state index contributed by atoms with van der Waals surface area (Å²) in [6.45, 7) is 7.22. The first-order valence-electron chi connectivity index (χ1n) is 15.8. The Labute approximate surface area is 263 Å². The Hall–Kier alpha value is -5.12. The summed E-state index contributed by atoms with van der Waals surface area (Å²) in [5.41, 5.74) is 8.74. The van der Waals surface area contributed by atoms with Crippen LogP contribution in [0, 0.1) is 0 Å². The van der Waals surface area contributed by atoms with Crippen molar-refractivity contribution in [3.05, 3.63) is 133 Å². The molecular weight excluding hydrogens is 561 g/mol. The van der Waals surface area contributed by atoms with Crippen LogP contribution in [0.1, 0.15) is 0 Å². The minimum absolute atomic E-state index is 1.18. The average Bonchev–Trinajstić information content (AvgIpc) is 3.57. The molecule has 0 aliphatic rings. The highest BCUT2D eigenvalue weighted by Gasteiger charge is 2.19. The van der Waals surface area contributed by atoms with Crippen LogP contribution in [0.2, 0.25) is 19.6 Å². The van der Waals surface area contributed by atoms with E-state index in [4.69, 9.17) is 0 Å². The second-order valence-corrected chi connectivity index (χ2v) is 18.6. The lowest BCUT2D eigenvalue weighted by Crippen LogP contribution is -2.37. The SMILES string of the molecule is Cn1c2ccccc2c2ccc3c4ccc5c6ccccc6n(-c6cccc(-c7ccc([Si](C)(C)C)cc7)c6)c5c4ccc3c21. The van der Waals surface area contributed by atoms with Gasteiger partial charge in [-0.25, -0.2) is 0 Å². The van der Waals surface area contributed by atoms with E-state index in [1.54, 1.807) is 0 Å². The minimum Gasteiger partial charge on any atom is -0.343 e. The van der Waals surface area contributed by atoms with Crippen LogP contribution in [0.25, 0.3) is 82.0 Å². The Morgan fingerprint density at radius 1 is 0.422 bits per heavy atom. The van der Waals surface area contributed by atoms with Crippen molar-refractivity contribution < 1.29 is 0 Å². The lowest BCUT2D eigenvalue weighted by atomic mass is 9.97. The molecule has 0 saturated heterocycles. The first-order valence-corrected chi connectivity index (χ1v) is 19.3. The highest BCUT2D eigenvalue weighted by Crippen LogP contribution is 2.41. The second-order valence-electron chi connectivity index (χ2n) is 13.5. The van der Waals surface area contributed by atoms with Crippen molar-refractivity contribution in [1.29, 1.82) is 0 Å². The molecule has 0 fully saturated rings. The Morgan fingerprint density at radius 3 is 1.62 bits per heavy atom. The van der Waals surface area contributed by atoms with E-state index >= 15 is 0 Å². The van der Waals surface area contributed by atoms with Crippen molar-refractivity contribution in [3.63, 3.8) is 0 Å². The molecule has 9 aromatic rings. The van der Waals surface area contributed by atoms with Gasteiger partial charge in [0.1, 0.15) is 0 Å². The largest absolute Gasteiger partial charge is 0.343 e. The molecule has 2 nitrogen and oxygen atoms in total. The molecule has 216 valence electrons. The second kappa shape index (κ2) is 9.44. The third-order valence-corrected chi connectivity index (χ3v) is 11.9. The molecule has 0 atom stereocenters. The summed E-state index contributed by atoms with van der Waals surface area (Å²) in [5, 5.41) is 11.8. The van der Waals surface area contributed by atoms with E-state index in [1.807, 2.05) is 0 Å². The molecular formula is C42H34N2Si. The van der Waals surface area contributed by atoms with E-state index in [9.17, 15) is 0 Å². The number of hydrogen-bond donors (Lipinski definition) is 0. The van der Waals surface area contributed by atoms with E-state index in [1.165, 1.54) is 87.2 Å². The maximum Gasteiger partial charge on any atom is 0.0775 e. The van der Waals surface area contributed by atoms with Crippen LogP contribution in [0.4, 0.5) is 0 Å². The number of benzene rings is 7. The van der Waals surface area contributed by atoms with Crippen LogP contribution in [-0.2, 0) is 7.05 Å². The monoisotopic (exact) mass is 594 g/mol. The maximum atomic E-state index is 2.48. The Balaban J connectivity index is 1.32. The maximum absolute atomic E-state index is 2.48. The van der Waals surface area contributed by atoms with Gasteiger partial charge in [0, 0.05) is 50.6 Å². The molecule has 2 heterocycles. The van der Waals surface area contributed by atoms with Gasteiger partial charge in [-0.3, -0.25) is 0 Å². The predicted octanol–water partition coefficient (Wildman–Crippen LogP) is 10.9. The van der Waals surface area contributed by atoms with Gasteiger partial charge in [0.05, 0.1) is 24.6 Å². The molecule has 0 radical (unpaired) electrons. The quantitative estimate of drug-likeness (QED) is 0.142. The molecule has 3 heteroatoms. The van der Waals surface area contributed by atoms with E-state index in [0.29, 0.717) is 0 Å². The molecule has 0 aliphatic heterocycles. The fourth-order valence-electron chi connectivity index (χ4n) is 7.61. The summed E-state index contributed by atoms with van der Waals surface area (Å²) in [6, 6.07) is 49.9. The van der Waals surface area contributed by atoms with Crippen LogP contribution < -0.4 is 5.19 Å². The molecule has 0 saturated carbocycles. The highest BCUT2D eigenvalue weighted by molar-refractivity contribution is 6.88. The van der Waals surface area contributed by atoms with Gasteiger partial charge in [-0.05, 0) is 46.2 Å². The van der Waals surface area contributed by atoms with Crippen LogP contribution in [-0.4, -0.2) is 17.2 Å². The minimum atomic E-state index is -1.35. The number of fused-ring (bicyclic) bond motifs is 11. The van der Waals surface area contributed by atoms with Crippen molar-refractivity contribution in [2.24, 2.45) is 7.05 Å². The summed E-state index contributed by atoms with van der Waals surface area (Å²) in [4.78, 5) is 0. The van der Waals surface area contributed by atoms with Gasteiger partial charge in [-0.15, -0.1) is 0 Å². The van der Waals surface area contributed by atoms with Crippen LogP contribution in [0.3, 0.4) is 0 Å². The molecule has 7 aromatic carbocycles. The zero-order valence-corrected chi connectivity index (χ0v) is 27.1. The Kier molecular flexibility index (Phi) is 5.51. The molecule has 0 N–H and O–H groups in total. The van der Waals surface area contributed by atoms with Crippen LogP contribution >= 0.6 is 0 Å². The highest BCUT2D eigenvalue weighted by atomic mass is 28.3. The number of para-hydroxylation sites is 2. The van der Waals surface area contributed by atoms with E-state index in [2.05, 4.69) is 169 Å². The summed E-state index contributed by atoms with van der Waals surface area (Å²) >= 11 is 0. The third kappa shape index (κ3) is 3.80. The van der Waals surface area contributed by atoms with Crippen molar-refractivity contribution >= 4 is 78.4 Å². The van der Waals surface area contributed by atoms with Gasteiger partial charge in [-0.2, -0.15) is 0 Å². The fourth-order valence-corrected chi connectivity index (χ4v) is 8.78. The van der Waals surface area contributed by atoms with Gasteiger partial charge in [0.25, 0.3) is 0 Å². The standard InChI is InChI=1S/C42H34N2Si/c1-43-39-14-7-5-12-33(39)37-22-20-31-32-21-23-38-34-13-6-8-15-40(34)44(42(38)36(32)25-24-35(31)41(37)43)29-11-9-10-28(26-29)27-16-18-30(19-17-27)45(2,3)4/h5-26H,1-4H3. The fraction of sp³-hybridized carbons (Fsp3) is 0.0952. The molecule has 0 unspecified atom stereocenters. The summed E-state index contributed by atoms with van der Waals surface area (Å²) in [7, 11) is 0.844. The number of aromatic nitrogens is 2. The number of rotatable bonds is 3. The van der Waals surface area contributed by atoms with Gasteiger partial charge in [-0.1, -0.05) is 134 Å². The zero-order valence-electron chi connectivity index (χ0n) is 26.1. The molecule has 0 spiro atoms. The lowest BCUT2D eigenvalue weighted by molar-refractivity contribution is 1.02. The topological polar surface area (TPSA) is 9.86 Å². The van der Waals surface area contributed by atoms with Crippen molar-refractivity contribution in [2.75, 3.05) is 0 Å². The van der Waals surface area contributed by atoms with Crippen LogP contribution in [0.15, 0.2) is 133 Å². The Morgan fingerprint density at radius 2 is 0.956 bits per heavy atom. The molecule has 0 bridgehead atoms. The zero-order chi connectivity index (χ0) is 30.4. The molecule has 0 amide bonds. The van der Waals surface area contributed by atoms with Gasteiger partial charge in [0.15, 0.2) is 0 Å². The summed E-state index contributed by atoms with van der Waals surface area (Å²) < 4.78 is 4.84. The lowest BCUT2D eigenvalue weighted by Gasteiger charge is -2.17. The van der Waals surface area contributed by atoms with Crippen LogP contribution in [0.5, 0.6) is 0 Å². The Bertz CT molecular complexity index is 2630. The normalized spacial score (nSPS) is 12.4. The molecule has 0 aliphatic carbocycles. The van der Waals surface area contributed by atoms with Crippen molar-refractivity contribution in [3.8, 4) is 16.8 Å². The average molecular weight is 595 g/mol. The first-order chi connectivity index (χ1) is 21.9. The molecule has 45 heavy (non-hydrogen) atoms. The third-order valence-electron chi connectivity index (χ3n) is 9.88. The van der Waals surface area contributed by atoms with E-state index in [0.717, 1.165) is 0 Å². The first kappa shape index (κ1) is 26.3. The number of hydrogen-bond acceptors (Lipinski definition) is 0. The molecule has 2 aromatic heterocycles. The summed E-state index contributed by atoms with van der Waals surface area (Å²) in [6.07, 6.45) is 0. The van der Waals surface area contributed by atoms with Gasteiger partial charge in [0.2, 0.25) is 0 Å². The van der Waals surface area contributed by atoms with Gasteiger partial charge < -0.3 is 9.13 Å². The van der Waals surface area contributed by atoms with E-state index in [-0.39, 0.29) is 0 Å². The van der Waals surface area contributed by atoms with Crippen molar-refractivity contribution in [1.82, 2.24) is 9.13 Å². The van der Waals surface area contributed by atoms with Crippen molar-refractivity contribution in [2.45, 2.75) is 19.6 Å². The van der Waals surface area contributed by atoms with Gasteiger partial charge >= 0.3 is 0 Å². The van der Waals surface area contributed by atoms with E-state index < -0.39 is 8.07 Å².